The van der Waals surface area contributed by atoms with Crippen LogP contribution in [-0.2, 0) is 21.4 Å². The summed E-state index contributed by atoms with van der Waals surface area (Å²) >= 11 is 1.97. The van der Waals surface area contributed by atoms with Crippen LogP contribution in [0.4, 0.5) is 0 Å². The van der Waals surface area contributed by atoms with Crippen molar-refractivity contribution in [2.24, 2.45) is 0 Å². The van der Waals surface area contributed by atoms with Gasteiger partial charge in [-0.1, -0.05) is 39.7 Å². The van der Waals surface area contributed by atoms with Crippen molar-refractivity contribution in [2.75, 3.05) is 6.61 Å². The first-order valence-corrected chi connectivity index (χ1v) is 10.9. The fourth-order valence-electron chi connectivity index (χ4n) is 4.04. The van der Waals surface area contributed by atoms with Crippen molar-refractivity contribution in [3.63, 3.8) is 0 Å². The number of benzene rings is 1. The van der Waals surface area contributed by atoms with E-state index in [0.717, 1.165) is 17.5 Å². The van der Waals surface area contributed by atoms with Gasteiger partial charge in [0.1, 0.15) is 5.69 Å². The van der Waals surface area contributed by atoms with Gasteiger partial charge in [0, 0.05) is 21.4 Å². The number of carbonyl (C=O) groups is 1. The van der Waals surface area contributed by atoms with Gasteiger partial charge in [-0.2, -0.15) is 0 Å². The smallest absolute Gasteiger partial charge is 0.310 e. The molecule has 4 heteroatoms. The Hall–Kier alpha value is -2.25. The molecular weight excluding hydrogens is 378 g/mol. The molecule has 0 fully saturated rings. The molecule has 0 N–H and O–H groups in total. The summed E-state index contributed by atoms with van der Waals surface area (Å²) < 4.78 is 5.21. The van der Waals surface area contributed by atoms with Crippen molar-refractivity contribution in [3.05, 3.63) is 58.4 Å². The monoisotopic (exact) mass is 407 g/mol. The quantitative estimate of drug-likeness (QED) is 0.501. The molecule has 0 bridgehead atoms. The Bertz CT molecular complexity index is 978. The van der Waals surface area contributed by atoms with Gasteiger partial charge in [0.2, 0.25) is 0 Å². The maximum Gasteiger partial charge on any atom is 0.310 e. The van der Waals surface area contributed by atoms with Gasteiger partial charge in [-0.25, -0.2) is 4.98 Å². The number of aryl methyl sites for hydroxylation is 1. The molecule has 152 valence electrons. The Labute approximate surface area is 178 Å². The van der Waals surface area contributed by atoms with Crippen LogP contribution < -0.4 is 0 Å². The largest absolute Gasteiger partial charge is 0.466 e. The van der Waals surface area contributed by atoms with Crippen LogP contribution in [0.1, 0.15) is 69.0 Å². The molecule has 1 aliphatic rings. The first kappa shape index (κ1) is 21.5. The number of rotatable bonds is 3. The molecule has 3 nitrogen and oxygen atoms in total. The molecule has 2 aromatic rings. The molecule has 0 saturated carbocycles. The van der Waals surface area contributed by atoms with E-state index in [1.54, 1.807) is 13.1 Å². The number of nitrogens with zero attached hydrogens (tertiary/aromatic N) is 1. The van der Waals surface area contributed by atoms with E-state index < -0.39 is 0 Å². The normalized spacial score (nSPS) is 16.3. The zero-order valence-electron chi connectivity index (χ0n) is 18.2. The molecule has 0 saturated heterocycles. The lowest BCUT2D eigenvalue weighted by Gasteiger charge is -2.42. The molecule has 1 aliphatic heterocycles. The molecule has 1 aromatic carbocycles. The fourth-order valence-corrected chi connectivity index (χ4v) is 5.74. The highest BCUT2D eigenvalue weighted by Gasteiger charge is 2.38. The van der Waals surface area contributed by atoms with Crippen LogP contribution in [-0.4, -0.2) is 22.3 Å². The maximum atomic E-state index is 11.6. The van der Waals surface area contributed by atoms with Crippen molar-refractivity contribution in [1.29, 1.82) is 0 Å². The summed E-state index contributed by atoms with van der Waals surface area (Å²) in [5, 5.41) is 0. The summed E-state index contributed by atoms with van der Waals surface area (Å²) in [6.45, 7) is 13.6. The Morgan fingerprint density at radius 3 is 2.62 bits per heavy atom. The second kappa shape index (κ2) is 8.24. The highest BCUT2D eigenvalue weighted by Crippen LogP contribution is 2.51. The number of esters is 1. The van der Waals surface area contributed by atoms with Gasteiger partial charge < -0.3 is 4.74 Å². The zero-order valence-corrected chi connectivity index (χ0v) is 19.0. The lowest BCUT2D eigenvalue weighted by molar-refractivity contribution is -0.142. The average molecular weight is 408 g/mol. The number of carbonyl (C=O) groups excluding carboxylic acids is 1. The van der Waals surface area contributed by atoms with Crippen molar-refractivity contribution in [1.82, 2.24) is 4.98 Å². The second-order valence-corrected chi connectivity index (χ2v) is 10.6. The number of thioether (sulfide) groups is 1. The number of aromatic nitrogens is 1. The van der Waals surface area contributed by atoms with Crippen LogP contribution >= 0.6 is 11.8 Å². The predicted molar refractivity (Wildman–Crippen MR) is 119 cm³/mol. The van der Waals surface area contributed by atoms with Gasteiger partial charge >= 0.3 is 5.97 Å². The van der Waals surface area contributed by atoms with Crippen molar-refractivity contribution in [2.45, 2.75) is 69.4 Å². The molecule has 1 aromatic heterocycles. The number of hydrogen-bond donors (Lipinski definition) is 0. The molecule has 0 aliphatic carbocycles. The van der Waals surface area contributed by atoms with Crippen LogP contribution in [0.2, 0.25) is 0 Å². The van der Waals surface area contributed by atoms with E-state index in [1.807, 2.05) is 23.9 Å². The Morgan fingerprint density at radius 1 is 1.21 bits per heavy atom. The van der Waals surface area contributed by atoms with Crippen LogP contribution in [0.5, 0.6) is 0 Å². The Morgan fingerprint density at radius 2 is 1.97 bits per heavy atom. The minimum absolute atomic E-state index is 0.126. The number of pyridine rings is 1. The van der Waals surface area contributed by atoms with E-state index in [4.69, 9.17) is 4.74 Å². The molecule has 2 heterocycles. The molecule has 0 atom stereocenters. The van der Waals surface area contributed by atoms with Crippen molar-refractivity contribution in [3.8, 4) is 11.8 Å². The van der Waals surface area contributed by atoms with Crippen molar-refractivity contribution >= 4 is 17.7 Å². The van der Waals surface area contributed by atoms with Crippen LogP contribution in [0, 0.1) is 18.8 Å². The number of hydrogen-bond acceptors (Lipinski definition) is 4. The van der Waals surface area contributed by atoms with E-state index in [2.05, 4.69) is 63.6 Å². The van der Waals surface area contributed by atoms with Gasteiger partial charge in [0.15, 0.2) is 0 Å². The van der Waals surface area contributed by atoms with Crippen LogP contribution in [0.15, 0.2) is 35.4 Å². The lowest BCUT2D eigenvalue weighted by Crippen LogP contribution is -2.33. The molecule has 0 spiro atoms. The summed E-state index contributed by atoms with van der Waals surface area (Å²) in [7, 11) is 0. The molecule has 0 radical (unpaired) electrons. The summed E-state index contributed by atoms with van der Waals surface area (Å²) in [5.41, 5.74) is 5.28. The van der Waals surface area contributed by atoms with Gasteiger partial charge in [-0.3, -0.25) is 4.79 Å². The molecule has 0 amide bonds. The zero-order chi connectivity index (χ0) is 21.2. The third kappa shape index (κ3) is 5.22. The van der Waals surface area contributed by atoms with Gasteiger partial charge in [-0.15, -0.1) is 11.8 Å². The topological polar surface area (TPSA) is 39.2 Å². The average Bonchev–Trinajstić information content (AvgIpc) is 2.60. The van der Waals surface area contributed by atoms with Gasteiger partial charge in [0.05, 0.1) is 13.0 Å². The Balaban J connectivity index is 1.84. The van der Waals surface area contributed by atoms with Crippen molar-refractivity contribution < 1.29 is 9.53 Å². The highest BCUT2D eigenvalue weighted by atomic mass is 32.2. The molecule has 29 heavy (non-hydrogen) atoms. The van der Waals surface area contributed by atoms with E-state index in [1.165, 1.54) is 16.0 Å². The molecule has 0 unspecified atom stereocenters. The summed E-state index contributed by atoms with van der Waals surface area (Å²) in [4.78, 5) is 17.3. The van der Waals surface area contributed by atoms with Crippen LogP contribution in [0.3, 0.4) is 0 Å². The first-order valence-electron chi connectivity index (χ1n) is 10.1. The number of fused-ring (bicyclic) bond motifs is 1. The fraction of sp³-hybridized carbons (Fsp3) is 0.440. The second-order valence-electron chi connectivity index (χ2n) is 8.87. The minimum Gasteiger partial charge on any atom is -0.466 e. The van der Waals surface area contributed by atoms with E-state index in [9.17, 15) is 4.79 Å². The van der Waals surface area contributed by atoms with E-state index >= 15 is 0 Å². The first-order chi connectivity index (χ1) is 13.6. The third-order valence-electron chi connectivity index (χ3n) is 5.11. The highest BCUT2D eigenvalue weighted by molar-refractivity contribution is 8.00. The number of ether oxygens (including phenoxy) is 1. The van der Waals surface area contributed by atoms with Gasteiger partial charge in [0.25, 0.3) is 0 Å². The van der Waals surface area contributed by atoms with Gasteiger partial charge in [-0.05, 0) is 66.5 Å². The summed E-state index contributed by atoms with van der Waals surface area (Å²) in [6, 6.07) is 8.28. The molecule has 3 rings (SSSR count). The SMILES string of the molecule is CCOC(=O)Cc1ccc(C#Cc2cc3c(cc2C)SC(C)(C)CC3(C)C)nc1. The summed E-state index contributed by atoms with van der Waals surface area (Å²) in [5.74, 6) is 6.24. The van der Waals surface area contributed by atoms with E-state index in [-0.39, 0.29) is 22.6 Å². The van der Waals surface area contributed by atoms with Crippen LogP contribution in [0.25, 0.3) is 0 Å². The third-order valence-corrected chi connectivity index (χ3v) is 6.37. The lowest BCUT2D eigenvalue weighted by atomic mass is 9.76. The van der Waals surface area contributed by atoms with E-state index in [0.29, 0.717) is 12.3 Å². The Kier molecular flexibility index (Phi) is 6.10. The standard InChI is InChI=1S/C25H29NO2S/c1-7-28-23(27)13-18-8-10-20(26-15-18)11-9-19-14-21-22(12-17(19)2)29-25(5,6)16-24(21,3)4/h8,10,12,14-15H,7,13,16H2,1-6H3. The minimum atomic E-state index is -0.235. The maximum absolute atomic E-state index is 11.6. The summed E-state index contributed by atoms with van der Waals surface area (Å²) in [6.07, 6.45) is 3.07. The molecular formula is C25H29NO2S. The predicted octanol–water partition coefficient (Wildman–Crippen LogP) is 5.45.